The average molecular weight is 329 g/mol. The van der Waals surface area contributed by atoms with Gasteiger partial charge >= 0.3 is 5.97 Å². The Morgan fingerprint density at radius 3 is 2.76 bits per heavy atom. The summed E-state index contributed by atoms with van der Waals surface area (Å²) in [6, 6.07) is 0. The molecule has 7 nitrogen and oxygen atoms in total. The van der Waals surface area contributed by atoms with Gasteiger partial charge in [-0.3, -0.25) is 4.72 Å². The minimum atomic E-state index is -3.81. The van der Waals surface area contributed by atoms with E-state index in [0.29, 0.717) is 11.3 Å². The molecule has 0 aliphatic carbocycles. The number of nitrogens with zero attached hydrogens (tertiary/aromatic N) is 1. The molecule has 0 aliphatic heterocycles. The van der Waals surface area contributed by atoms with E-state index in [1.807, 2.05) is 0 Å². The first-order valence-electron chi connectivity index (χ1n) is 6.15. The third-order valence-electron chi connectivity index (χ3n) is 2.77. The summed E-state index contributed by atoms with van der Waals surface area (Å²) in [6.45, 7) is 5.05. The lowest BCUT2D eigenvalue weighted by atomic mass is 10.2. The van der Waals surface area contributed by atoms with Gasteiger partial charge in [-0.25, -0.2) is 18.2 Å². The summed E-state index contributed by atoms with van der Waals surface area (Å²) in [7, 11) is -3.81. The SMILES string of the molecule is CCOC(=O)c1[nH]c(C)c(S(=O)(=O)Nc2nccs2)c1C. The van der Waals surface area contributed by atoms with E-state index in [4.69, 9.17) is 4.74 Å². The van der Waals surface area contributed by atoms with Gasteiger partial charge in [0, 0.05) is 22.8 Å². The Hall–Kier alpha value is -1.87. The number of H-pyrrole nitrogens is 1. The van der Waals surface area contributed by atoms with Gasteiger partial charge in [0.1, 0.15) is 10.6 Å². The van der Waals surface area contributed by atoms with Crippen molar-refractivity contribution in [2.75, 3.05) is 11.3 Å². The molecule has 2 rings (SSSR count). The number of thiazole rings is 1. The topological polar surface area (TPSA) is 101 Å². The zero-order valence-electron chi connectivity index (χ0n) is 11.8. The van der Waals surface area contributed by atoms with Gasteiger partial charge in [0.2, 0.25) is 0 Å². The van der Waals surface area contributed by atoms with Crippen molar-refractivity contribution < 1.29 is 17.9 Å². The lowest BCUT2D eigenvalue weighted by molar-refractivity contribution is 0.0519. The second-order valence-corrected chi connectivity index (χ2v) is 6.76. The van der Waals surface area contributed by atoms with Crippen LogP contribution in [0.25, 0.3) is 0 Å². The highest BCUT2D eigenvalue weighted by Crippen LogP contribution is 2.26. The van der Waals surface area contributed by atoms with Crippen molar-refractivity contribution in [2.24, 2.45) is 0 Å². The van der Waals surface area contributed by atoms with Crippen molar-refractivity contribution in [1.82, 2.24) is 9.97 Å². The van der Waals surface area contributed by atoms with E-state index in [9.17, 15) is 13.2 Å². The fourth-order valence-electron chi connectivity index (χ4n) is 1.98. The van der Waals surface area contributed by atoms with Crippen LogP contribution in [-0.4, -0.2) is 31.0 Å². The number of aromatic nitrogens is 2. The fraction of sp³-hybridized carbons (Fsp3) is 0.333. The molecule has 0 atom stereocenters. The third-order valence-corrected chi connectivity index (χ3v) is 5.20. The Morgan fingerprint density at radius 1 is 1.48 bits per heavy atom. The molecule has 2 heterocycles. The molecule has 0 radical (unpaired) electrons. The summed E-state index contributed by atoms with van der Waals surface area (Å²) in [5, 5.41) is 1.94. The van der Waals surface area contributed by atoms with Gasteiger partial charge in [0.05, 0.1) is 6.61 Å². The molecule has 114 valence electrons. The largest absolute Gasteiger partial charge is 0.461 e. The quantitative estimate of drug-likeness (QED) is 0.818. The Kier molecular flexibility index (Phi) is 4.33. The van der Waals surface area contributed by atoms with Crippen molar-refractivity contribution in [2.45, 2.75) is 25.7 Å². The van der Waals surface area contributed by atoms with Crippen LogP contribution in [0.15, 0.2) is 16.5 Å². The number of aromatic amines is 1. The molecule has 21 heavy (non-hydrogen) atoms. The molecule has 0 unspecified atom stereocenters. The van der Waals surface area contributed by atoms with Gasteiger partial charge < -0.3 is 9.72 Å². The van der Waals surface area contributed by atoms with Crippen LogP contribution in [0.3, 0.4) is 0 Å². The second-order valence-electron chi connectivity index (χ2n) is 4.24. The number of carbonyl (C=O) groups is 1. The van der Waals surface area contributed by atoms with Crippen LogP contribution in [0, 0.1) is 13.8 Å². The molecule has 2 aromatic rings. The standard InChI is InChI=1S/C12H15N3O4S2/c1-4-19-11(16)9-7(2)10(8(3)14-9)21(17,18)15-12-13-5-6-20-12/h5-6,14H,4H2,1-3H3,(H,13,15). The first-order valence-corrected chi connectivity index (χ1v) is 8.51. The summed E-state index contributed by atoms with van der Waals surface area (Å²) in [4.78, 5) is 18.5. The van der Waals surface area contributed by atoms with Crippen LogP contribution in [0.1, 0.15) is 28.7 Å². The summed E-state index contributed by atoms with van der Waals surface area (Å²) in [6.07, 6.45) is 1.50. The number of anilines is 1. The molecule has 0 bridgehead atoms. The molecule has 0 saturated heterocycles. The number of nitrogens with one attached hydrogen (secondary N) is 2. The molecule has 0 amide bonds. The monoisotopic (exact) mass is 329 g/mol. The van der Waals surface area contributed by atoms with Crippen LogP contribution < -0.4 is 4.72 Å². The molecule has 0 fully saturated rings. The summed E-state index contributed by atoms with van der Waals surface area (Å²) in [5.41, 5.74) is 0.850. The van der Waals surface area contributed by atoms with Gasteiger partial charge in [-0.1, -0.05) is 0 Å². The number of rotatable bonds is 5. The van der Waals surface area contributed by atoms with E-state index >= 15 is 0 Å². The molecule has 0 aromatic carbocycles. The fourth-order valence-corrected chi connectivity index (χ4v) is 4.22. The maximum atomic E-state index is 12.4. The number of hydrogen-bond donors (Lipinski definition) is 2. The van der Waals surface area contributed by atoms with E-state index in [-0.39, 0.29) is 22.3 Å². The average Bonchev–Trinajstić information content (AvgIpc) is 2.97. The Bertz CT molecular complexity index is 748. The zero-order valence-corrected chi connectivity index (χ0v) is 13.4. The van der Waals surface area contributed by atoms with Crippen LogP contribution in [0.2, 0.25) is 0 Å². The zero-order chi connectivity index (χ0) is 15.6. The molecule has 0 saturated carbocycles. The Labute approximate surface area is 126 Å². The molecule has 2 N–H and O–H groups in total. The maximum absolute atomic E-state index is 12.4. The second kappa shape index (κ2) is 5.86. The molecular formula is C12H15N3O4S2. The van der Waals surface area contributed by atoms with Gasteiger partial charge in [0.25, 0.3) is 10.0 Å². The molecular weight excluding hydrogens is 314 g/mol. The number of carbonyl (C=O) groups excluding carboxylic acids is 1. The number of esters is 1. The van der Waals surface area contributed by atoms with Gasteiger partial charge in [-0.2, -0.15) is 0 Å². The van der Waals surface area contributed by atoms with E-state index in [1.54, 1.807) is 26.2 Å². The highest BCUT2D eigenvalue weighted by molar-refractivity contribution is 7.93. The van der Waals surface area contributed by atoms with Crippen molar-refractivity contribution in [3.8, 4) is 0 Å². The summed E-state index contributed by atoms with van der Waals surface area (Å²) in [5.74, 6) is -0.575. The Balaban J connectivity index is 2.42. The molecule has 0 spiro atoms. The van der Waals surface area contributed by atoms with Crippen molar-refractivity contribution in [3.05, 3.63) is 28.5 Å². The lowest BCUT2D eigenvalue weighted by Crippen LogP contribution is -2.14. The van der Waals surface area contributed by atoms with Crippen LogP contribution in [0.5, 0.6) is 0 Å². The van der Waals surface area contributed by atoms with Crippen LogP contribution >= 0.6 is 11.3 Å². The van der Waals surface area contributed by atoms with Crippen LogP contribution in [-0.2, 0) is 14.8 Å². The minimum absolute atomic E-state index is 0.0424. The summed E-state index contributed by atoms with van der Waals surface area (Å²) >= 11 is 1.17. The van der Waals surface area contributed by atoms with Crippen LogP contribution in [0.4, 0.5) is 5.13 Å². The van der Waals surface area contributed by atoms with Crippen molar-refractivity contribution in [3.63, 3.8) is 0 Å². The van der Waals surface area contributed by atoms with Crippen molar-refractivity contribution in [1.29, 1.82) is 0 Å². The van der Waals surface area contributed by atoms with E-state index in [0.717, 1.165) is 0 Å². The van der Waals surface area contributed by atoms with Gasteiger partial charge in [-0.15, -0.1) is 11.3 Å². The van der Waals surface area contributed by atoms with Gasteiger partial charge in [0.15, 0.2) is 5.13 Å². The number of aryl methyl sites for hydroxylation is 1. The normalized spacial score (nSPS) is 11.4. The predicted molar refractivity (Wildman–Crippen MR) is 79.1 cm³/mol. The number of ether oxygens (including phenoxy) is 1. The molecule has 2 aromatic heterocycles. The highest BCUT2D eigenvalue weighted by Gasteiger charge is 2.27. The first kappa shape index (κ1) is 15.5. The van der Waals surface area contributed by atoms with Gasteiger partial charge in [-0.05, 0) is 20.8 Å². The smallest absolute Gasteiger partial charge is 0.355 e. The Morgan fingerprint density at radius 2 is 2.19 bits per heavy atom. The molecule has 9 heteroatoms. The number of sulfonamides is 1. The van der Waals surface area contributed by atoms with E-state index in [1.165, 1.54) is 17.5 Å². The summed E-state index contributed by atoms with van der Waals surface area (Å²) < 4.78 is 32.1. The lowest BCUT2D eigenvalue weighted by Gasteiger charge is -2.06. The third kappa shape index (κ3) is 3.08. The minimum Gasteiger partial charge on any atom is -0.461 e. The van der Waals surface area contributed by atoms with E-state index in [2.05, 4.69) is 14.7 Å². The molecule has 0 aliphatic rings. The predicted octanol–water partition coefficient (Wildman–Crippen LogP) is 2.07. The highest BCUT2D eigenvalue weighted by atomic mass is 32.2. The first-order chi connectivity index (χ1) is 9.86. The maximum Gasteiger partial charge on any atom is 0.355 e. The number of hydrogen-bond acceptors (Lipinski definition) is 6. The van der Waals surface area contributed by atoms with E-state index < -0.39 is 16.0 Å². The van der Waals surface area contributed by atoms with Crippen molar-refractivity contribution >= 4 is 32.5 Å².